The van der Waals surface area contributed by atoms with Gasteiger partial charge in [0.2, 0.25) is 0 Å². The van der Waals surface area contributed by atoms with Crippen LogP contribution >= 0.6 is 0 Å². The predicted octanol–water partition coefficient (Wildman–Crippen LogP) is 3.63. The first kappa shape index (κ1) is 12.2. The van der Waals surface area contributed by atoms with Gasteiger partial charge in [0.25, 0.3) is 0 Å². The molecule has 0 heterocycles. The highest BCUT2D eigenvalue weighted by atomic mass is 16.3. The fourth-order valence-electron chi connectivity index (χ4n) is 1.70. The number of aromatic hydroxyl groups is 1. The molecular weight excluding hydrogens is 222 g/mol. The van der Waals surface area contributed by atoms with Crippen LogP contribution in [0.2, 0.25) is 0 Å². The molecule has 0 aliphatic carbocycles. The summed E-state index contributed by atoms with van der Waals surface area (Å²) in [4.78, 5) is 2.07. The van der Waals surface area contributed by atoms with Gasteiger partial charge in [-0.2, -0.15) is 0 Å². The molecule has 0 spiro atoms. The molecule has 0 saturated heterocycles. The van der Waals surface area contributed by atoms with Gasteiger partial charge in [-0.1, -0.05) is 42.5 Å². The van der Waals surface area contributed by atoms with Crippen LogP contribution in [0.4, 0.5) is 5.69 Å². The third-order valence-corrected chi connectivity index (χ3v) is 2.80. The average Bonchev–Trinajstić information content (AvgIpc) is 2.38. The molecule has 2 aromatic rings. The van der Waals surface area contributed by atoms with Crippen LogP contribution in [0.5, 0.6) is 5.75 Å². The molecule has 0 saturated carbocycles. The second-order valence-corrected chi connectivity index (χ2v) is 4.38. The lowest BCUT2D eigenvalue weighted by molar-refractivity contribution is 0.474. The second-order valence-electron chi connectivity index (χ2n) is 4.38. The molecule has 0 radical (unpaired) electrons. The topological polar surface area (TPSA) is 23.5 Å². The van der Waals surface area contributed by atoms with E-state index in [1.807, 2.05) is 44.4 Å². The van der Waals surface area contributed by atoms with Crippen LogP contribution in [0.15, 0.2) is 48.5 Å². The number of anilines is 1. The minimum absolute atomic E-state index is 0.304. The van der Waals surface area contributed by atoms with Crippen LogP contribution in [0.3, 0.4) is 0 Å². The van der Waals surface area contributed by atoms with E-state index < -0.39 is 0 Å². The van der Waals surface area contributed by atoms with E-state index in [0.717, 1.165) is 11.1 Å². The van der Waals surface area contributed by atoms with Crippen molar-refractivity contribution in [2.24, 2.45) is 0 Å². The van der Waals surface area contributed by atoms with Gasteiger partial charge in [0.15, 0.2) is 0 Å². The smallest absolute Gasteiger partial charge is 0.122 e. The Balaban J connectivity index is 2.17. The lowest BCUT2D eigenvalue weighted by Crippen LogP contribution is -2.07. The number of benzene rings is 2. The average molecular weight is 239 g/mol. The Labute approximate surface area is 108 Å². The van der Waals surface area contributed by atoms with Crippen LogP contribution in [0, 0.1) is 0 Å². The van der Waals surface area contributed by atoms with Gasteiger partial charge < -0.3 is 10.0 Å². The summed E-state index contributed by atoms with van der Waals surface area (Å²) in [6.45, 7) is 0. The molecule has 92 valence electrons. The van der Waals surface area contributed by atoms with Crippen molar-refractivity contribution >= 4 is 17.8 Å². The van der Waals surface area contributed by atoms with Gasteiger partial charge in [-0.15, -0.1) is 0 Å². The summed E-state index contributed by atoms with van der Waals surface area (Å²) in [7, 11) is 4.04. The van der Waals surface area contributed by atoms with Crippen LogP contribution in [0.1, 0.15) is 11.1 Å². The third kappa shape index (κ3) is 2.92. The zero-order chi connectivity index (χ0) is 13.0. The van der Waals surface area contributed by atoms with Crippen molar-refractivity contribution in [3.05, 3.63) is 59.7 Å². The van der Waals surface area contributed by atoms with Crippen molar-refractivity contribution in [2.75, 3.05) is 19.0 Å². The van der Waals surface area contributed by atoms with Crippen molar-refractivity contribution in [1.29, 1.82) is 0 Å². The van der Waals surface area contributed by atoms with E-state index in [2.05, 4.69) is 29.2 Å². The largest absolute Gasteiger partial charge is 0.507 e. The second kappa shape index (κ2) is 5.41. The zero-order valence-corrected chi connectivity index (χ0v) is 10.7. The fraction of sp³-hybridized carbons (Fsp3) is 0.125. The minimum atomic E-state index is 0.304. The van der Waals surface area contributed by atoms with Crippen LogP contribution in [0.25, 0.3) is 12.2 Å². The number of nitrogens with zero attached hydrogens (tertiary/aromatic N) is 1. The molecule has 18 heavy (non-hydrogen) atoms. The molecule has 0 atom stereocenters. The molecule has 0 unspecified atom stereocenters. The van der Waals surface area contributed by atoms with E-state index in [1.54, 1.807) is 6.07 Å². The van der Waals surface area contributed by atoms with Crippen molar-refractivity contribution in [3.63, 3.8) is 0 Å². The Kier molecular flexibility index (Phi) is 3.68. The van der Waals surface area contributed by atoms with E-state index in [4.69, 9.17) is 0 Å². The molecule has 2 nitrogen and oxygen atoms in total. The summed E-state index contributed by atoms with van der Waals surface area (Å²) in [5.74, 6) is 0.304. The molecule has 0 amide bonds. The van der Waals surface area contributed by atoms with Crippen molar-refractivity contribution in [2.45, 2.75) is 0 Å². The van der Waals surface area contributed by atoms with Gasteiger partial charge in [0, 0.05) is 25.3 Å². The molecule has 2 rings (SSSR count). The predicted molar refractivity (Wildman–Crippen MR) is 77.8 cm³/mol. The Bertz CT molecular complexity index is 541. The number of para-hydroxylation sites is 1. The normalized spacial score (nSPS) is 10.8. The Morgan fingerprint density at radius 3 is 2.17 bits per heavy atom. The van der Waals surface area contributed by atoms with E-state index in [0.29, 0.717) is 5.75 Å². The van der Waals surface area contributed by atoms with Crippen LogP contribution < -0.4 is 4.90 Å². The van der Waals surface area contributed by atoms with Crippen molar-refractivity contribution in [3.8, 4) is 5.75 Å². The van der Waals surface area contributed by atoms with Crippen molar-refractivity contribution < 1.29 is 5.11 Å². The highest BCUT2D eigenvalue weighted by Gasteiger charge is 1.95. The van der Waals surface area contributed by atoms with Gasteiger partial charge >= 0.3 is 0 Å². The van der Waals surface area contributed by atoms with Gasteiger partial charge in [0.1, 0.15) is 5.75 Å². The number of hydrogen-bond acceptors (Lipinski definition) is 2. The first-order valence-electron chi connectivity index (χ1n) is 5.90. The van der Waals surface area contributed by atoms with Crippen LogP contribution in [-0.4, -0.2) is 19.2 Å². The number of hydrogen-bond donors (Lipinski definition) is 1. The molecule has 2 aromatic carbocycles. The summed E-state index contributed by atoms with van der Waals surface area (Å²) in [5, 5.41) is 9.65. The fourth-order valence-corrected chi connectivity index (χ4v) is 1.70. The SMILES string of the molecule is CN(C)c1ccc(/C=C/c2ccccc2O)cc1. The lowest BCUT2D eigenvalue weighted by Gasteiger charge is -2.11. The summed E-state index contributed by atoms with van der Waals surface area (Å²) < 4.78 is 0. The first-order chi connectivity index (χ1) is 8.66. The third-order valence-electron chi connectivity index (χ3n) is 2.80. The quantitative estimate of drug-likeness (QED) is 0.827. The van der Waals surface area contributed by atoms with E-state index in [-0.39, 0.29) is 0 Å². The first-order valence-corrected chi connectivity index (χ1v) is 5.90. The maximum absolute atomic E-state index is 9.65. The number of phenolic OH excluding ortho intramolecular Hbond substituents is 1. The monoisotopic (exact) mass is 239 g/mol. The molecule has 0 aromatic heterocycles. The standard InChI is InChI=1S/C16H17NO/c1-17(2)15-11-8-13(9-12-15)7-10-14-5-3-4-6-16(14)18/h3-12,18H,1-2H3/b10-7+. The molecular formula is C16H17NO. The van der Waals surface area contributed by atoms with Crippen molar-refractivity contribution in [1.82, 2.24) is 0 Å². The molecule has 0 fully saturated rings. The Morgan fingerprint density at radius 2 is 1.56 bits per heavy atom. The highest BCUT2D eigenvalue weighted by Crippen LogP contribution is 2.19. The zero-order valence-electron chi connectivity index (χ0n) is 10.7. The maximum Gasteiger partial charge on any atom is 0.122 e. The molecule has 1 N–H and O–H groups in total. The van der Waals surface area contributed by atoms with Crippen LogP contribution in [-0.2, 0) is 0 Å². The molecule has 0 bridgehead atoms. The summed E-state index contributed by atoms with van der Waals surface area (Å²) in [5.41, 5.74) is 3.12. The van der Waals surface area contributed by atoms with Gasteiger partial charge in [-0.25, -0.2) is 0 Å². The maximum atomic E-state index is 9.65. The van der Waals surface area contributed by atoms with Gasteiger partial charge in [0.05, 0.1) is 0 Å². The summed E-state index contributed by atoms with van der Waals surface area (Å²) in [6.07, 6.45) is 3.91. The lowest BCUT2D eigenvalue weighted by atomic mass is 10.1. The Hall–Kier alpha value is -2.22. The molecule has 2 heteroatoms. The van der Waals surface area contributed by atoms with E-state index in [1.165, 1.54) is 5.69 Å². The highest BCUT2D eigenvalue weighted by molar-refractivity contribution is 5.72. The summed E-state index contributed by atoms with van der Waals surface area (Å²) in [6, 6.07) is 15.6. The van der Waals surface area contributed by atoms with Gasteiger partial charge in [-0.3, -0.25) is 0 Å². The summed E-state index contributed by atoms with van der Waals surface area (Å²) >= 11 is 0. The Morgan fingerprint density at radius 1 is 0.889 bits per heavy atom. The molecule has 0 aliphatic rings. The minimum Gasteiger partial charge on any atom is -0.507 e. The number of phenols is 1. The number of rotatable bonds is 3. The van der Waals surface area contributed by atoms with E-state index in [9.17, 15) is 5.11 Å². The van der Waals surface area contributed by atoms with E-state index >= 15 is 0 Å². The molecule has 0 aliphatic heterocycles. The van der Waals surface area contributed by atoms with Gasteiger partial charge in [-0.05, 0) is 23.8 Å².